The smallest absolute Gasteiger partial charge is 0.416 e. The van der Waals surface area contributed by atoms with Gasteiger partial charge in [0, 0.05) is 5.56 Å². The second kappa shape index (κ2) is 6.58. The zero-order valence-electron chi connectivity index (χ0n) is 13.1. The highest BCUT2D eigenvalue weighted by atomic mass is 19.4. The third-order valence-electron chi connectivity index (χ3n) is 4.13. The highest BCUT2D eigenvalue weighted by molar-refractivity contribution is 5.58. The summed E-state index contributed by atoms with van der Waals surface area (Å²) in [6.07, 6.45) is -4.93. The van der Waals surface area contributed by atoms with Gasteiger partial charge in [0.1, 0.15) is 11.5 Å². The molecule has 7 heteroatoms. The lowest BCUT2D eigenvalue weighted by molar-refractivity contribution is -0.137. The molecule has 3 rings (SSSR count). The summed E-state index contributed by atoms with van der Waals surface area (Å²) in [6.45, 7) is 1.19. The van der Waals surface area contributed by atoms with Crippen molar-refractivity contribution in [2.24, 2.45) is 0 Å². The zero-order chi connectivity index (χ0) is 17.3. The van der Waals surface area contributed by atoms with Gasteiger partial charge in [0.05, 0.1) is 37.5 Å². The van der Waals surface area contributed by atoms with Crippen LogP contribution in [0.2, 0.25) is 0 Å². The van der Waals surface area contributed by atoms with Gasteiger partial charge in [-0.25, -0.2) is 0 Å². The number of hydrogen-bond acceptors (Lipinski definition) is 4. The largest absolute Gasteiger partial charge is 0.460 e. The summed E-state index contributed by atoms with van der Waals surface area (Å²) in [5, 5.41) is 9.82. The lowest BCUT2D eigenvalue weighted by atomic mass is 10.1. The normalized spacial score (nSPS) is 21.6. The number of ether oxygens (including phenoxy) is 1. The van der Waals surface area contributed by atoms with Crippen LogP contribution in [0.1, 0.15) is 11.3 Å². The molecular weight excluding hydrogens is 323 g/mol. The van der Waals surface area contributed by atoms with Crippen LogP contribution in [-0.4, -0.2) is 42.4 Å². The van der Waals surface area contributed by atoms with Crippen LogP contribution in [0.3, 0.4) is 0 Å². The number of halogens is 3. The van der Waals surface area contributed by atoms with Crippen LogP contribution >= 0.6 is 0 Å². The third-order valence-corrected chi connectivity index (χ3v) is 4.13. The van der Waals surface area contributed by atoms with Gasteiger partial charge >= 0.3 is 6.18 Å². The van der Waals surface area contributed by atoms with Gasteiger partial charge in [-0.1, -0.05) is 12.1 Å². The van der Waals surface area contributed by atoms with Crippen LogP contribution in [0.5, 0.6) is 0 Å². The first kappa shape index (κ1) is 17.0. The summed E-state index contributed by atoms with van der Waals surface area (Å²) < 4.78 is 49.3. The van der Waals surface area contributed by atoms with Gasteiger partial charge in [-0.2, -0.15) is 13.2 Å². The second-order valence-electron chi connectivity index (χ2n) is 5.93. The molecule has 24 heavy (non-hydrogen) atoms. The Morgan fingerprint density at radius 1 is 1.21 bits per heavy atom. The van der Waals surface area contributed by atoms with Crippen molar-refractivity contribution >= 4 is 0 Å². The van der Waals surface area contributed by atoms with E-state index >= 15 is 0 Å². The first-order chi connectivity index (χ1) is 11.3. The molecular formula is C17H18F3NO3. The summed E-state index contributed by atoms with van der Waals surface area (Å²) in [6, 6.07) is 8.31. The van der Waals surface area contributed by atoms with Gasteiger partial charge in [-0.15, -0.1) is 0 Å². The number of nitrogens with zero attached hydrogens (tertiary/aromatic N) is 1. The lowest BCUT2D eigenvalue weighted by Crippen LogP contribution is -2.39. The molecule has 0 aliphatic carbocycles. The fourth-order valence-corrected chi connectivity index (χ4v) is 2.78. The molecule has 2 heterocycles. The highest BCUT2D eigenvalue weighted by Crippen LogP contribution is 2.32. The summed E-state index contributed by atoms with van der Waals surface area (Å²) in [4.78, 5) is 1.91. The SMILES string of the molecule is CN(Cc1ccc(-c2cccc(C(F)(F)F)c2)o1)[C@@H]1COC[C@H]1O. The molecule has 0 spiro atoms. The Labute approximate surface area is 137 Å². The van der Waals surface area contributed by atoms with Crippen molar-refractivity contribution in [1.82, 2.24) is 4.90 Å². The lowest BCUT2D eigenvalue weighted by Gasteiger charge is -2.24. The van der Waals surface area contributed by atoms with E-state index in [4.69, 9.17) is 9.15 Å². The number of aliphatic hydroxyl groups is 1. The van der Waals surface area contributed by atoms with E-state index in [1.165, 1.54) is 6.07 Å². The van der Waals surface area contributed by atoms with Crippen molar-refractivity contribution in [3.05, 3.63) is 47.7 Å². The maximum Gasteiger partial charge on any atom is 0.416 e. The Morgan fingerprint density at radius 3 is 2.67 bits per heavy atom. The van der Waals surface area contributed by atoms with Crippen LogP contribution < -0.4 is 0 Å². The molecule has 0 unspecified atom stereocenters. The van der Waals surface area contributed by atoms with Gasteiger partial charge in [0.2, 0.25) is 0 Å². The number of alkyl halides is 3. The predicted octanol–water partition coefficient (Wildman–Crippen LogP) is 3.16. The molecule has 1 saturated heterocycles. The van der Waals surface area contributed by atoms with Crippen molar-refractivity contribution in [2.45, 2.75) is 24.9 Å². The van der Waals surface area contributed by atoms with E-state index in [-0.39, 0.29) is 6.04 Å². The Hall–Kier alpha value is -1.83. The van der Waals surface area contributed by atoms with Crippen molar-refractivity contribution in [1.29, 1.82) is 0 Å². The fraction of sp³-hybridized carbons (Fsp3) is 0.412. The van der Waals surface area contributed by atoms with E-state index in [1.54, 1.807) is 18.2 Å². The van der Waals surface area contributed by atoms with Crippen molar-refractivity contribution in [2.75, 3.05) is 20.3 Å². The monoisotopic (exact) mass is 341 g/mol. The van der Waals surface area contributed by atoms with Crippen molar-refractivity contribution in [3.8, 4) is 11.3 Å². The van der Waals surface area contributed by atoms with Crippen molar-refractivity contribution < 1.29 is 27.4 Å². The number of likely N-dealkylation sites (N-methyl/N-ethyl adjacent to an activating group) is 1. The average Bonchev–Trinajstić information content (AvgIpc) is 3.15. The van der Waals surface area contributed by atoms with Crippen LogP contribution in [0, 0.1) is 0 Å². The Morgan fingerprint density at radius 2 is 2.00 bits per heavy atom. The van der Waals surface area contributed by atoms with Crippen LogP contribution in [0.4, 0.5) is 13.2 Å². The van der Waals surface area contributed by atoms with E-state index in [9.17, 15) is 18.3 Å². The van der Waals surface area contributed by atoms with E-state index in [1.807, 2.05) is 11.9 Å². The molecule has 1 aliphatic rings. The van der Waals surface area contributed by atoms with E-state index in [0.717, 1.165) is 12.1 Å². The van der Waals surface area contributed by atoms with E-state index < -0.39 is 17.8 Å². The molecule has 1 aromatic carbocycles. The molecule has 1 N–H and O–H groups in total. The second-order valence-corrected chi connectivity index (χ2v) is 5.93. The van der Waals surface area contributed by atoms with Crippen molar-refractivity contribution in [3.63, 3.8) is 0 Å². The summed E-state index contributed by atoms with van der Waals surface area (Å²) in [5.74, 6) is 0.997. The first-order valence-corrected chi connectivity index (χ1v) is 7.57. The molecule has 0 amide bonds. The Kier molecular flexibility index (Phi) is 4.67. The van der Waals surface area contributed by atoms with E-state index in [0.29, 0.717) is 36.8 Å². The summed E-state index contributed by atoms with van der Waals surface area (Å²) >= 11 is 0. The van der Waals surface area contributed by atoms with Gasteiger partial charge in [-0.3, -0.25) is 4.90 Å². The molecule has 0 saturated carbocycles. The molecule has 0 bridgehead atoms. The minimum absolute atomic E-state index is 0.118. The molecule has 4 nitrogen and oxygen atoms in total. The molecule has 130 valence electrons. The molecule has 2 aromatic rings. The molecule has 2 atom stereocenters. The van der Waals surface area contributed by atoms with Crippen LogP contribution in [-0.2, 0) is 17.5 Å². The number of rotatable bonds is 4. The molecule has 1 aliphatic heterocycles. The minimum atomic E-state index is -4.38. The minimum Gasteiger partial charge on any atom is -0.460 e. The molecule has 1 aromatic heterocycles. The van der Waals surface area contributed by atoms with Gasteiger partial charge in [0.15, 0.2) is 0 Å². The number of furan rings is 1. The molecule has 0 radical (unpaired) electrons. The maximum atomic E-state index is 12.8. The van der Waals surface area contributed by atoms with E-state index in [2.05, 4.69) is 0 Å². The molecule has 1 fully saturated rings. The van der Waals surface area contributed by atoms with Crippen LogP contribution in [0.15, 0.2) is 40.8 Å². The predicted molar refractivity (Wildman–Crippen MR) is 81.2 cm³/mol. The highest BCUT2D eigenvalue weighted by Gasteiger charge is 2.31. The topological polar surface area (TPSA) is 45.8 Å². The zero-order valence-corrected chi connectivity index (χ0v) is 13.1. The standard InChI is InChI=1S/C17H18F3NO3/c1-21(14-9-23-10-15(14)22)8-13-5-6-16(24-13)11-3-2-4-12(7-11)17(18,19)20/h2-7,14-15,22H,8-10H2,1H3/t14-,15-/m1/s1. The number of hydrogen-bond donors (Lipinski definition) is 1. The van der Waals surface area contributed by atoms with Crippen LogP contribution in [0.25, 0.3) is 11.3 Å². The van der Waals surface area contributed by atoms with Gasteiger partial charge < -0.3 is 14.3 Å². The fourth-order valence-electron chi connectivity index (χ4n) is 2.78. The first-order valence-electron chi connectivity index (χ1n) is 7.57. The Bertz CT molecular complexity index is 698. The summed E-state index contributed by atoms with van der Waals surface area (Å²) in [7, 11) is 1.84. The average molecular weight is 341 g/mol. The third kappa shape index (κ3) is 3.63. The quantitative estimate of drug-likeness (QED) is 0.928. The van der Waals surface area contributed by atoms with Gasteiger partial charge in [-0.05, 0) is 31.3 Å². The summed E-state index contributed by atoms with van der Waals surface area (Å²) in [5.41, 5.74) is -0.329. The number of aliphatic hydroxyl groups excluding tert-OH is 1. The number of benzene rings is 1. The van der Waals surface area contributed by atoms with Gasteiger partial charge in [0.25, 0.3) is 0 Å². The maximum absolute atomic E-state index is 12.8. The Balaban J connectivity index is 1.74.